The Bertz CT molecular complexity index is 239. The monoisotopic (exact) mass is 242 g/mol. The van der Waals surface area contributed by atoms with E-state index in [1.807, 2.05) is 0 Å². The highest BCUT2D eigenvalue weighted by atomic mass is 16.5. The lowest BCUT2D eigenvalue weighted by Gasteiger charge is -2.06. The molecular formula is C13H24NO3+. The van der Waals surface area contributed by atoms with Gasteiger partial charge >= 0.3 is 0 Å². The second-order valence-electron chi connectivity index (χ2n) is 3.90. The molecule has 1 rings (SSSR count). The van der Waals surface area contributed by atoms with E-state index in [0.29, 0.717) is 33.0 Å². The number of rotatable bonds is 11. The zero-order valence-electron chi connectivity index (χ0n) is 10.5. The van der Waals surface area contributed by atoms with Gasteiger partial charge in [0.1, 0.15) is 0 Å². The Morgan fingerprint density at radius 2 is 1.59 bits per heavy atom. The Hall–Kier alpha value is -0.680. The van der Waals surface area contributed by atoms with Crippen LogP contribution in [0.5, 0.6) is 0 Å². The maximum Gasteiger partial charge on any atom is 0.0977 e. The highest BCUT2D eigenvalue weighted by Crippen LogP contribution is 2.13. The Labute approximate surface area is 103 Å². The lowest BCUT2D eigenvalue weighted by molar-refractivity contribution is -0.374. The molecule has 0 aromatic rings. The van der Waals surface area contributed by atoms with Gasteiger partial charge in [-0.1, -0.05) is 23.8 Å². The van der Waals surface area contributed by atoms with Crippen molar-refractivity contribution in [2.24, 2.45) is 0 Å². The second kappa shape index (κ2) is 10.5. The molecule has 0 saturated heterocycles. The van der Waals surface area contributed by atoms with E-state index in [4.69, 9.17) is 14.2 Å². The molecule has 98 valence electrons. The lowest BCUT2D eigenvalue weighted by Crippen LogP contribution is -2.52. The molecule has 0 aromatic heterocycles. The van der Waals surface area contributed by atoms with E-state index in [9.17, 15) is 0 Å². The normalized spacial score (nSPS) is 14.3. The van der Waals surface area contributed by atoms with Crippen molar-refractivity contribution in [3.8, 4) is 0 Å². The average Bonchev–Trinajstić information content (AvgIpc) is 2.85. The van der Waals surface area contributed by atoms with Crippen LogP contribution in [0.15, 0.2) is 23.8 Å². The summed E-state index contributed by atoms with van der Waals surface area (Å²) >= 11 is 0. The fraction of sp³-hybridized carbons (Fsp3) is 0.692. The predicted molar refractivity (Wildman–Crippen MR) is 66.7 cm³/mol. The van der Waals surface area contributed by atoms with Crippen LogP contribution in [0.25, 0.3) is 0 Å². The first kappa shape index (κ1) is 14.4. The van der Waals surface area contributed by atoms with Gasteiger partial charge in [0.15, 0.2) is 0 Å². The highest BCUT2D eigenvalue weighted by Gasteiger charge is 1.98. The summed E-state index contributed by atoms with van der Waals surface area (Å²) in [7, 11) is 0. The number of hydrogen-bond acceptors (Lipinski definition) is 3. The van der Waals surface area contributed by atoms with Crippen molar-refractivity contribution in [2.75, 3.05) is 46.2 Å². The molecule has 0 radical (unpaired) electrons. The van der Waals surface area contributed by atoms with Crippen LogP contribution in [0.4, 0.5) is 0 Å². The summed E-state index contributed by atoms with van der Waals surface area (Å²) in [6.45, 7) is 4.90. The van der Waals surface area contributed by atoms with Crippen LogP contribution in [0, 0.1) is 0 Å². The summed E-state index contributed by atoms with van der Waals surface area (Å²) in [6.07, 6.45) is 8.55. The van der Waals surface area contributed by atoms with Gasteiger partial charge < -0.3 is 19.9 Å². The first-order chi connectivity index (χ1) is 8.43. The number of ether oxygens (including phenoxy) is 3. The Balaban J connectivity index is 1.72. The molecule has 0 amide bonds. The van der Waals surface area contributed by atoms with Crippen molar-refractivity contribution in [3.05, 3.63) is 23.8 Å². The van der Waals surface area contributed by atoms with E-state index in [-0.39, 0.29) is 0 Å². The molecule has 0 heterocycles. The molecule has 3 N–H and O–H groups in total. The number of allylic oxidation sites excluding steroid dienone is 3. The summed E-state index contributed by atoms with van der Waals surface area (Å²) in [4.78, 5) is 0. The van der Waals surface area contributed by atoms with Crippen molar-refractivity contribution in [1.29, 1.82) is 0 Å². The molecule has 0 atom stereocenters. The molecule has 4 nitrogen and oxygen atoms in total. The van der Waals surface area contributed by atoms with Gasteiger partial charge in [-0.3, -0.25) is 0 Å². The van der Waals surface area contributed by atoms with E-state index in [0.717, 1.165) is 26.0 Å². The molecular weight excluding hydrogens is 218 g/mol. The van der Waals surface area contributed by atoms with Gasteiger partial charge in [0.2, 0.25) is 0 Å². The summed E-state index contributed by atoms with van der Waals surface area (Å²) < 4.78 is 16.1. The standard InChI is InChI=1S/C13H23NO3/c14-6-8-16-10-12-17-11-9-15-7-5-13-3-1-2-4-13/h1-3H,4-12,14H2/p+1. The first-order valence-corrected chi connectivity index (χ1v) is 6.30. The second-order valence-corrected chi connectivity index (χ2v) is 3.90. The minimum atomic E-state index is 0.637. The van der Waals surface area contributed by atoms with Crippen molar-refractivity contribution in [2.45, 2.75) is 12.8 Å². The molecule has 1 aliphatic rings. The predicted octanol–water partition coefficient (Wildman–Crippen LogP) is 0.554. The molecule has 0 aromatic carbocycles. The topological polar surface area (TPSA) is 55.3 Å². The molecule has 0 unspecified atom stereocenters. The van der Waals surface area contributed by atoms with E-state index in [2.05, 4.69) is 24.0 Å². The molecule has 1 aliphatic carbocycles. The zero-order chi connectivity index (χ0) is 12.2. The van der Waals surface area contributed by atoms with Crippen molar-refractivity contribution in [3.63, 3.8) is 0 Å². The number of hydrogen-bond donors (Lipinski definition) is 1. The molecule has 0 fully saturated rings. The van der Waals surface area contributed by atoms with Crippen LogP contribution in [0.1, 0.15) is 12.8 Å². The number of quaternary nitrogens is 1. The average molecular weight is 242 g/mol. The van der Waals surface area contributed by atoms with Crippen LogP contribution in [0.2, 0.25) is 0 Å². The minimum absolute atomic E-state index is 0.637. The largest absolute Gasteiger partial charge is 0.379 e. The molecule has 0 saturated carbocycles. The van der Waals surface area contributed by atoms with E-state index in [1.165, 1.54) is 5.57 Å². The molecule has 17 heavy (non-hydrogen) atoms. The SMILES string of the molecule is [NH3+]CCOCCOCCOCCC1=CC=CC1. The zero-order valence-corrected chi connectivity index (χ0v) is 10.5. The smallest absolute Gasteiger partial charge is 0.0977 e. The third-order valence-corrected chi connectivity index (χ3v) is 2.45. The fourth-order valence-corrected chi connectivity index (χ4v) is 1.52. The molecule has 0 spiro atoms. The van der Waals surface area contributed by atoms with Crippen molar-refractivity contribution in [1.82, 2.24) is 0 Å². The van der Waals surface area contributed by atoms with Gasteiger partial charge in [-0.2, -0.15) is 0 Å². The van der Waals surface area contributed by atoms with Gasteiger partial charge in [-0.25, -0.2) is 0 Å². The summed E-state index contributed by atoms with van der Waals surface area (Å²) in [5, 5.41) is 0. The van der Waals surface area contributed by atoms with E-state index in [1.54, 1.807) is 0 Å². The van der Waals surface area contributed by atoms with Gasteiger partial charge in [0.05, 0.1) is 46.2 Å². The maximum atomic E-state index is 5.48. The fourth-order valence-electron chi connectivity index (χ4n) is 1.52. The Morgan fingerprint density at radius 1 is 0.941 bits per heavy atom. The van der Waals surface area contributed by atoms with E-state index >= 15 is 0 Å². The van der Waals surface area contributed by atoms with Gasteiger partial charge in [0, 0.05) is 0 Å². The van der Waals surface area contributed by atoms with Crippen molar-refractivity contribution < 1.29 is 19.9 Å². The van der Waals surface area contributed by atoms with E-state index < -0.39 is 0 Å². The lowest BCUT2D eigenvalue weighted by atomic mass is 10.2. The van der Waals surface area contributed by atoms with Crippen LogP contribution in [-0.4, -0.2) is 46.2 Å². The van der Waals surface area contributed by atoms with Crippen LogP contribution in [-0.2, 0) is 14.2 Å². The van der Waals surface area contributed by atoms with Crippen molar-refractivity contribution >= 4 is 0 Å². The Kier molecular flexibility index (Phi) is 8.86. The summed E-state index contributed by atoms with van der Waals surface area (Å²) in [5.41, 5.74) is 5.14. The first-order valence-electron chi connectivity index (χ1n) is 6.30. The molecule has 0 bridgehead atoms. The molecule has 0 aliphatic heterocycles. The van der Waals surface area contributed by atoms with Crippen LogP contribution >= 0.6 is 0 Å². The minimum Gasteiger partial charge on any atom is -0.379 e. The van der Waals surface area contributed by atoms with Gasteiger partial charge in [0.25, 0.3) is 0 Å². The highest BCUT2D eigenvalue weighted by molar-refractivity contribution is 5.22. The van der Waals surface area contributed by atoms with Gasteiger partial charge in [-0.05, 0) is 12.8 Å². The van der Waals surface area contributed by atoms with Crippen LogP contribution < -0.4 is 5.73 Å². The quantitative estimate of drug-likeness (QED) is 0.538. The van der Waals surface area contributed by atoms with Crippen LogP contribution in [0.3, 0.4) is 0 Å². The third-order valence-electron chi connectivity index (χ3n) is 2.45. The molecule has 4 heteroatoms. The summed E-state index contributed by atoms with van der Waals surface area (Å²) in [6, 6.07) is 0. The maximum absolute atomic E-state index is 5.48. The Morgan fingerprint density at radius 3 is 2.18 bits per heavy atom. The summed E-state index contributed by atoms with van der Waals surface area (Å²) in [5.74, 6) is 0. The van der Waals surface area contributed by atoms with Gasteiger partial charge in [-0.15, -0.1) is 0 Å². The third kappa shape index (κ3) is 8.10.